The molecule has 160 valence electrons. The number of furan rings is 1. The molecule has 2 heterocycles. The molecule has 31 heavy (non-hydrogen) atoms. The van der Waals surface area contributed by atoms with Crippen LogP contribution in [0.25, 0.3) is 10.8 Å². The van der Waals surface area contributed by atoms with Crippen LogP contribution in [-0.2, 0) is 15.1 Å². The Bertz CT molecular complexity index is 1200. The van der Waals surface area contributed by atoms with E-state index in [1.807, 2.05) is 49.4 Å². The van der Waals surface area contributed by atoms with Crippen molar-refractivity contribution in [3.63, 3.8) is 0 Å². The van der Waals surface area contributed by atoms with E-state index in [9.17, 15) is 14.4 Å². The monoisotopic (exact) mass is 419 g/mol. The minimum atomic E-state index is -1.26. The predicted octanol–water partition coefficient (Wildman–Crippen LogP) is 3.69. The Balaban J connectivity index is 1.47. The number of fused-ring (bicyclic) bond motifs is 1. The van der Waals surface area contributed by atoms with Crippen LogP contribution in [0.2, 0.25) is 0 Å². The first-order chi connectivity index (χ1) is 14.7. The van der Waals surface area contributed by atoms with Gasteiger partial charge in [0.25, 0.3) is 5.91 Å². The van der Waals surface area contributed by atoms with Gasteiger partial charge in [-0.05, 0) is 56.2 Å². The third kappa shape index (κ3) is 3.67. The minimum Gasteiger partial charge on any atom is -0.466 e. The molecule has 2 N–H and O–H groups in total. The van der Waals surface area contributed by atoms with E-state index < -0.39 is 23.4 Å². The molecule has 1 saturated heterocycles. The molecular weight excluding hydrogens is 394 g/mol. The Morgan fingerprint density at radius 2 is 1.84 bits per heavy atom. The van der Waals surface area contributed by atoms with Crippen molar-refractivity contribution >= 4 is 28.6 Å². The minimum absolute atomic E-state index is 0.275. The fourth-order valence-electron chi connectivity index (χ4n) is 4.14. The number of hydrogen-bond acceptors (Lipinski definition) is 4. The molecule has 0 saturated carbocycles. The van der Waals surface area contributed by atoms with E-state index in [1.54, 1.807) is 26.8 Å². The van der Waals surface area contributed by atoms with Crippen molar-refractivity contribution in [3.8, 4) is 0 Å². The summed E-state index contributed by atoms with van der Waals surface area (Å²) < 4.78 is 5.52. The number of carbonyl (C=O) groups is 3. The Kier molecular flexibility index (Phi) is 5.05. The molecule has 1 fully saturated rings. The highest BCUT2D eigenvalue weighted by Gasteiger charge is 2.51. The van der Waals surface area contributed by atoms with Gasteiger partial charge in [-0.25, -0.2) is 4.79 Å². The topological polar surface area (TPSA) is 91.7 Å². The van der Waals surface area contributed by atoms with Crippen molar-refractivity contribution in [2.45, 2.75) is 39.3 Å². The van der Waals surface area contributed by atoms with Gasteiger partial charge in [0, 0.05) is 5.56 Å². The summed E-state index contributed by atoms with van der Waals surface area (Å²) in [5.41, 5.74) is 0.276. The predicted molar refractivity (Wildman–Crippen MR) is 116 cm³/mol. The standard InChI is InChI=1S/C24H25N3O4/c1-14-11-20(16(3)31-14)24(4)22(29)27(23(30)26-24)13-21(28)25-15(2)18-10-9-17-7-5-6-8-19(17)12-18/h5-12,15H,13H2,1-4H3,(H,25,28)(H,26,30). The van der Waals surface area contributed by atoms with Gasteiger partial charge in [-0.15, -0.1) is 0 Å². The summed E-state index contributed by atoms with van der Waals surface area (Å²) in [5.74, 6) is 0.324. The maximum atomic E-state index is 13.1. The first kappa shape index (κ1) is 20.7. The van der Waals surface area contributed by atoms with E-state index in [0.717, 1.165) is 21.2 Å². The first-order valence-electron chi connectivity index (χ1n) is 10.2. The molecule has 2 atom stereocenters. The lowest BCUT2D eigenvalue weighted by Gasteiger charge is -2.21. The first-order valence-corrected chi connectivity index (χ1v) is 10.2. The summed E-state index contributed by atoms with van der Waals surface area (Å²) in [5, 5.41) is 7.79. The summed E-state index contributed by atoms with van der Waals surface area (Å²) in [7, 11) is 0. The number of urea groups is 1. The molecule has 0 radical (unpaired) electrons. The molecule has 3 aromatic rings. The zero-order chi connectivity index (χ0) is 22.3. The SMILES string of the molecule is Cc1cc(C2(C)NC(=O)N(CC(=O)NC(C)c3ccc4ccccc4c3)C2=O)c(C)o1. The molecule has 7 heteroatoms. The van der Waals surface area contributed by atoms with Gasteiger partial charge in [0.1, 0.15) is 23.6 Å². The molecule has 1 aliphatic rings. The zero-order valence-electron chi connectivity index (χ0n) is 18.0. The summed E-state index contributed by atoms with van der Waals surface area (Å²) in [4.78, 5) is 39.2. The maximum absolute atomic E-state index is 13.1. The molecule has 7 nitrogen and oxygen atoms in total. The molecule has 4 rings (SSSR count). The second-order valence-corrected chi connectivity index (χ2v) is 8.17. The third-order valence-corrected chi connectivity index (χ3v) is 5.81. The van der Waals surface area contributed by atoms with Gasteiger partial charge in [0.05, 0.1) is 6.04 Å². The van der Waals surface area contributed by atoms with Crippen LogP contribution in [0.5, 0.6) is 0 Å². The van der Waals surface area contributed by atoms with Crippen LogP contribution in [0.1, 0.15) is 42.5 Å². The van der Waals surface area contributed by atoms with Gasteiger partial charge in [0.2, 0.25) is 5.91 Å². The maximum Gasteiger partial charge on any atom is 0.325 e. The van der Waals surface area contributed by atoms with E-state index in [0.29, 0.717) is 17.1 Å². The molecule has 0 aliphatic carbocycles. The number of benzene rings is 2. The van der Waals surface area contributed by atoms with Crippen LogP contribution in [0.4, 0.5) is 4.79 Å². The van der Waals surface area contributed by atoms with Crippen LogP contribution in [0.3, 0.4) is 0 Å². The zero-order valence-corrected chi connectivity index (χ0v) is 18.0. The quantitative estimate of drug-likeness (QED) is 0.617. The van der Waals surface area contributed by atoms with Gasteiger partial charge in [-0.2, -0.15) is 0 Å². The number of amides is 4. The summed E-state index contributed by atoms with van der Waals surface area (Å²) in [6, 6.07) is 14.8. The highest BCUT2D eigenvalue weighted by molar-refractivity contribution is 6.09. The summed E-state index contributed by atoms with van der Waals surface area (Å²) in [6.07, 6.45) is 0. The van der Waals surface area contributed by atoms with Crippen molar-refractivity contribution in [1.82, 2.24) is 15.5 Å². The normalized spacial score (nSPS) is 19.5. The molecule has 1 aliphatic heterocycles. The van der Waals surface area contributed by atoms with Crippen LogP contribution in [-0.4, -0.2) is 29.3 Å². The van der Waals surface area contributed by atoms with E-state index >= 15 is 0 Å². The van der Waals surface area contributed by atoms with E-state index in [4.69, 9.17) is 4.42 Å². The highest BCUT2D eigenvalue weighted by Crippen LogP contribution is 2.32. The average Bonchev–Trinajstić information content (AvgIpc) is 3.18. The lowest BCUT2D eigenvalue weighted by molar-refractivity contribution is -0.135. The number of carbonyl (C=O) groups excluding carboxylic acids is 3. The lowest BCUT2D eigenvalue weighted by atomic mass is 9.92. The number of hydrogen-bond donors (Lipinski definition) is 2. The van der Waals surface area contributed by atoms with Crippen LogP contribution in [0, 0.1) is 13.8 Å². The Hall–Kier alpha value is -3.61. The Morgan fingerprint density at radius 3 is 2.52 bits per heavy atom. The fraction of sp³-hybridized carbons (Fsp3) is 0.292. The molecule has 2 aromatic carbocycles. The van der Waals surface area contributed by atoms with Crippen LogP contribution in [0.15, 0.2) is 52.9 Å². The third-order valence-electron chi connectivity index (χ3n) is 5.81. The van der Waals surface area contributed by atoms with E-state index in [-0.39, 0.29) is 12.6 Å². The number of imide groups is 1. The Labute approximate surface area is 180 Å². The van der Waals surface area contributed by atoms with E-state index in [2.05, 4.69) is 10.6 Å². The molecular formula is C24H25N3O4. The van der Waals surface area contributed by atoms with E-state index in [1.165, 1.54) is 0 Å². The highest BCUT2D eigenvalue weighted by atomic mass is 16.3. The lowest BCUT2D eigenvalue weighted by Crippen LogP contribution is -2.43. The molecule has 4 amide bonds. The number of nitrogens with one attached hydrogen (secondary N) is 2. The smallest absolute Gasteiger partial charge is 0.325 e. The van der Waals surface area contributed by atoms with Gasteiger partial charge in [-0.1, -0.05) is 36.4 Å². The summed E-state index contributed by atoms with van der Waals surface area (Å²) >= 11 is 0. The van der Waals surface area contributed by atoms with Gasteiger partial charge in [0.15, 0.2) is 0 Å². The second kappa shape index (κ2) is 7.58. The number of nitrogens with zero attached hydrogens (tertiary/aromatic N) is 1. The van der Waals surface area contributed by atoms with Crippen molar-refractivity contribution < 1.29 is 18.8 Å². The number of rotatable bonds is 5. The second-order valence-electron chi connectivity index (χ2n) is 8.17. The number of aryl methyl sites for hydroxylation is 2. The van der Waals surface area contributed by atoms with Crippen molar-refractivity contribution in [2.75, 3.05) is 6.54 Å². The molecule has 0 spiro atoms. The van der Waals surface area contributed by atoms with Crippen LogP contribution < -0.4 is 10.6 Å². The largest absolute Gasteiger partial charge is 0.466 e. The van der Waals surface area contributed by atoms with Crippen molar-refractivity contribution in [1.29, 1.82) is 0 Å². The molecule has 0 bridgehead atoms. The van der Waals surface area contributed by atoms with Gasteiger partial charge in [-0.3, -0.25) is 14.5 Å². The van der Waals surface area contributed by atoms with Gasteiger partial charge < -0.3 is 15.1 Å². The fourth-order valence-corrected chi connectivity index (χ4v) is 4.14. The van der Waals surface area contributed by atoms with Crippen molar-refractivity contribution in [3.05, 3.63) is 71.2 Å². The van der Waals surface area contributed by atoms with Gasteiger partial charge >= 0.3 is 6.03 Å². The molecule has 2 unspecified atom stereocenters. The average molecular weight is 419 g/mol. The Morgan fingerprint density at radius 1 is 1.13 bits per heavy atom. The summed E-state index contributed by atoms with van der Waals surface area (Å²) in [6.45, 7) is 6.66. The van der Waals surface area contributed by atoms with Crippen molar-refractivity contribution in [2.24, 2.45) is 0 Å². The van der Waals surface area contributed by atoms with Crippen LogP contribution >= 0.6 is 0 Å². The molecule has 1 aromatic heterocycles.